The van der Waals surface area contributed by atoms with Gasteiger partial charge in [-0.2, -0.15) is 0 Å². The fraction of sp³-hybridized carbons (Fsp3) is 0.263. The third-order valence-corrected chi connectivity index (χ3v) is 4.75. The zero-order valence-electron chi connectivity index (χ0n) is 14.7. The van der Waals surface area contributed by atoms with E-state index in [2.05, 4.69) is 5.32 Å². The van der Waals surface area contributed by atoms with Gasteiger partial charge in [-0.25, -0.2) is 8.78 Å². The maximum Gasteiger partial charge on any atom is 0.254 e. The summed E-state index contributed by atoms with van der Waals surface area (Å²) < 4.78 is 26.5. The monoisotopic (exact) mass is 414 g/mol. The Hall–Kier alpha value is -2.18. The Morgan fingerprint density at radius 2 is 1.85 bits per heavy atom. The van der Waals surface area contributed by atoms with Crippen LogP contribution in [0.3, 0.4) is 0 Å². The molecule has 1 atom stereocenters. The van der Waals surface area contributed by atoms with E-state index in [1.807, 2.05) is 6.92 Å². The molecule has 0 aliphatic carbocycles. The Balaban J connectivity index is 1.91. The van der Waals surface area contributed by atoms with Gasteiger partial charge in [-0.3, -0.25) is 9.59 Å². The van der Waals surface area contributed by atoms with Gasteiger partial charge in [0.25, 0.3) is 5.91 Å². The van der Waals surface area contributed by atoms with Gasteiger partial charge in [0.05, 0.1) is 11.6 Å². The molecule has 0 aliphatic heterocycles. The first-order valence-electron chi connectivity index (χ1n) is 8.14. The molecule has 0 bridgehead atoms. The second-order valence-electron chi connectivity index (χ2n) is 5.98. The lowest BCUT2D eigenvalue weighted by atomic mass is 10.1. The minimum absolute atomic E-state index is 0.0138. The first-order valence-corrected chi connectivity index (χ1v) is 8.90. The van der Waals surface area contributed by atoms with E-state index >= 15 is 0 Å². The van der Waals surface area contributed by atoms with Gasteiger partial charge in [-0.05, 0) is 36.8 Å². The van der Waals surface area contributed by atoms with Crippen LogP contribution in [0.25, 0.3) is 0 Å². The molecule has 0 radical (unpaired) electrons. The van der Waals surface area contributed by atoms with E-state index in [0.29, 0.717) is 16.1 Å². The van der Waals surface area contributed by atoms with Gasteiger partial charge < -0.3 is 10.2 Å². The van der Waals surface area contributed by atoms with Crippen LogP contribution in [0.5, 0.6) is 0 Å². The van der Waals surface area contributed by atoms with Crippen molar-refractivity contribution in [2.75, 3.05) is 13.6 Å². The molecule has 4 nitrogen and oxygen atoms in total. The molecule has 0 fully saturated rings. The summed E-state index contributed by atoms with van der Waals surface area (Å²) in [5.74, 6) is -2.66. The van der Waals surface area contributed by atoms with Gasteiger partial charge in [0.2, 0.25) is 5.91 Å². The molecule has 144 valence electrons. The Bertz CT molecular complexity index is 862. The number of nitrogens with one attached hydrogen (secondary N) is 1. The average molecular weight is 415 g/mol. The first-order chi connectivity index (χ1) is 12.7. The SMILES string of the molecule is CC(c1ccc(Cl)cc1Cl)N(C)C(=O)CCNC(=O)c1ccc(F)cc1F. The summed E-state index contributed by atoms with van der Waals surface area (Å²) in [7, 11) is 1.62. The summed E-state index contributed by atoms with van der Waals surface area (Å²) in [6.07, 6.45) is 0.0145. The summed E-state index contributed by atoms with van der Waals surface area (Å²) in [5.41, 5.74) is 0.466. The molecular weight excluding hydrogens is 397 g/mol. The average Bonchev–Trinajstić information content (AvgIpc) is 2.60. The number of amides is 2. The van der Waals surface area contributed by atoms with Crippen molar-refractivity contribution in [3.63, 3.8) is 0 Å². The van der Waals surface area contributed by atoms with Crippen LogP contribution in [0.4, 0.5) is 8.78 Å². The van der Waals surface area contributed by atoms with E-state index in [9.17, 15) is 18.4 Å². The maximum atomic E-state index is 13.6. The molecule has 2 amide bonds. The molecule has 27 heavy (non-hydrogen) atoms. The van der Waals surface area contributed by atoms with Crippen molar-refractivity contribution < 1.29 is 18.4 Å². The standard InChI is InChI=1S/C19H18Cl2F2N2O2/c1-11(14-5-3-12(20)9-16(14)21)25(2)18(26)7-8-24-19(27)15-6-4-13(22)10-17(15)23/h3-6,9-11H,7-8H2,1-2H3,(H,24,27). The normalized spacial score (nSPS) is 11.8. The topological polar surface area (TPSA) is 49.4 Å². The predicted molar refractivity (Wildman–Crippen MR) is 101 cm³/mol. The third-order valence-electron chi connectivity index (χ3n) is 4.19. The largest absolute Gasteiger partial charge is 0.351 e. The molecule has 0 heterocycles. The minimum Gasteiger partial charge on any atom is -0.351 e. The maximum absolute atomic E-state index is 13.6. The number of hydrogen-bond donors (Lipinski definition) is 1. The Kier molecular flexibility index (Phi) is 7.16. The summed E-state index contributed by atoms with van der Waals surface area (Å²) in [5, 5.41) is 3.40. The van der Waals surface area contributed by atoms with Crippen LogP contribution in [0, 0.1) is 11.6 Å². The van der Waals surface area contributed by atoms with Crippen molar-refractivity contribution >= 4 is 35.0 Å². The second kappa shape index (κ2) is 9.15. The van der Waals surface area contributed by atoms with Crippen molar-refractivity contribution in [1.82, 2.24) is 10.2 Å². The Morgan fingerprint density at radius 1 is 1.15 bits per heavy atom. The molecule has 0 saturated heterocycles. The van der Waals surface area contributed by atoms with Gasteiger partial charge >= 0.3 is 0 Å². The zero-order chi connectivity index (χ0) is 20.1. The third kappa shape index (κ3) is 5.40. The highest BCUT2D eigenvalue weighted by Gasteiger charge is 2.20. The molecule has 8 heteroatoms. The molecular formula is C19H18Cl2F2N2O2. The summed E-state index contributed by atoms with van der Waals surface area (Å²) in [6, 6.07) is 7.42. The molecule has 0 aliphatic rings. The van der Waals surface area contributed by atoms with Crippen molar-refractivity contribution in [3.05, 3.63) is 69.2 Å². The zero-order valence-corrected chi connectivity index (χ0v) is 16.2. The molecule has 2 aromatic carbocycles. The van der Waals surface area contributed by atoms with Crippen molar-refractivity contribution in [2.24, 2.45) is 0 Å². The molecule has 1 unspecified atom stereocenters. The van der Waals surface area contributed by atoms with Crippen molar-refractivity contribution in [1.29, 1.82) is 0 Å². The van der Waals surface area contributed by atoms with Gasteiger partial charge in [0.15, 0.2) is 0 Å². The number of nitrogens with zero attached hydrogens (tertiary/aromatic N) is 1. The number of carbonyl (C=O) groups excluding carboxylic acids is 2. The van der Waals surface area contributed by atoms with Gasteiger partial charge in [0.1, 0.15) is 11.6 Å². The van der Waals surface area contributed by atoms with E-state index in [1.54, 1.807) is 25.2 Å². The van der Waals surface area contributed by atoms with E-state index in [-0.39, 0.29) is 30.5 Å². The minimum atomic E-state index is -0.957. The van der Waals surface area contributed by atoms with Gasteiger partial charge in [0, 0.05) is 36.1 Å². The van der Waals surface area contributed by atoms with E-state index in [1.165, 1.54) is 4.90 Å². The number of benzene rings is 2. The number of halogens is 4. The van der Waals surface area contributed by atoms with Crippen LogP contribution in [-0.2, 0) is 4.79 Å². The van der Waals surface area contributed by atoms with Crippen LogP contribution in [0.1, 0.15) is 35.3 Å². The molecule has 0 spiro atoms. The van der Waals surface area contributed by atoms with Crippen LogP contribution < -0.4 is 5.32 Å². The lowest BCUT2D eigenvalue weighted by molar-refractivity contribution is -0.131. The fourth-order valence-corrected chi connectivity index (χ4v) is 3.06. The highest BCUT2D eigenvalue weighted by molar-refractivity contribution is 6.35. The quantitative estimate of drug-likeness (QED) is 0.749. The molecule has 0 saturated carbocycles. The van der Waals surface area contributed by atoms with Crippen LogP contribution in [0.2, 0.25) is 10.0 Å². The van der Waals surface area contributed by atoms with Crippen LogP contribution >= 0.6 is 23.2 Å². The van der Waals surface area contributed by atoms with Crippen LogP contribution in [-0.4, -0.2) is 30.3 Å². The first kappa shape index (κ1) is 21.1. The molecule has 2 rings (SSSR count). The van der Waals surface area contributed by atoms with Gasteiger partial charge in [-0.15, -0.1) is 0 Å². The van der Waals surface area contributed by atoms with E-state index < -0.39 is 17.5 Å². The molecule has 2 aromatic rings. The van der Waals surface area contributed by atoms with Crippen molar-refractivity contribution in [2.45, 2.75) is 19.4 Å². The Morgan fingerprint density at radius 3 is 2.48 bits per heavy atom. The smallest absolute Gasteiger partial charge is 0.254 e. The number of carbonyl (C=O) groups is 2. The molecule has 0 aromatic heterocycles. The summed E-state index contributed by atoms with van der Waals surface area (Å²) >= 11 is 12.1. The van der Waals surface area contributed by atoms with Crippen LogP contribution in [0.15, 0.2) is 36.4 Å². The number of rotatable bonds is 6. The molecule has 1 N–H and O–H groups in total. The lowest BCUT2D eigenvalue weighted by Gasteiger charge is -2.26. The highest BCUT2D eigenvalue weighted by atomic mass is 35.5. The Labute approximate surface area is 166 Å². The van der Waals surface area contributed by atoms with Crippen molar-refractivity contribution in [3.8, 4) is 0 Å². The second-order valence-corrected chi connectivity index (χ2v) is 6.82. The lowest BCUT2D eigenvalue weighted by Crippen LogP contribution is -2.34. The predicted octanol–water partition coefficient (Wildman–Crippen LogP) is 4.61. The summed E-state index contributed by atoms with van der Waals surface area (Å²) in [6.45, 7) is 1.83. The summed E-state index contributed by atoms with van der Waals surface area (Å²) in [4.78, 5) is 25.8. The van der Waals surface area contributed by atoms with Gasteiger partial charge in [-0.1, -0.05) is 29.3 Å². The van der Waals surface area contributed by atoms with E-state index in [0.717, 1.165) is 17.7 Å². The highest BCUT2D eigenvalue weighted by Crippen LogP contribution is 2.29. The number of hydrogen-bond acceptors (Lipinski definition) is 2. The van der Waals surface area contributed by atoms with E-state index in [4.69, 9.17) is 23.2 Å². The fourth-order valence-electron chi connectivity index (χ4n) is 2.49.